The Morgan fingerprint density at radius 2 is 1.71 bits per heavy atom. The minimum Gasteiger partial charge on any atom is -0.497 e. The zero-order valence-corrected chi connectivity index (χ0v) is 18.7. The van der Waals surface area contributed by atoms with E-state index in [9.17, 15) is 14.9 Å². The molecule has 0 bridgehead atoms. The fourth-order valence-corrected chi connectivity index (χ4v) is 3.73. The van der Waals surface area contributed by atoms with E-state index in [1.165, 1.54) is 30.3 Å². The Hall–Kier alpha value is -4.40. The largest absolute Gasteiger partial charge is 0.497 e. The maximum atomic E-state index is 13.2. The van der Waals surface area contributed by atoms with Gasteiger partial charge in [0.25, 0.3) is 5.91 Å². The zero-order chi connectivity index (χ0) is 24.1. The normalized spacial score (nSPS) is 14.9. The molecule has 3 aromatic rings. The third kappa shape index (κ3) is 4.83. The number of hydrogen-bond acceptors (Lipinski definition) is 7. The Labute approximate surface area is 196 Å². The predicted molar refractivity (Wildman–Crippen MR) is 125 cm³/mol. The maximum Gasteiger partial charge on any atom is 0.314 e. The van der Waals surface area contributed by atoms with Crippen LogP contribution in [0.4, 0.5) is 5.69 Å². The van der Waals surface area contributed by atoms with E-state index in [1.807, 2.05) is 54.6 Å². The Morgan fingerprint density at radius 3 is 2.35 bits per heavy atom. The van der Waals surface area contributed by atoms with Crippen molar-refractivity contribution >= 4 is 17.3 Å². The molecule has 0 fully saturated rings. The van der Waals surface area contributed by atoms with E-state index >= 15 is 0 Å². The first kappa shape index (κ1) is 22.8. The third-order valence-corrected chi connectivity index (χ3v) is 5.49. The van der Waals surface area contributed by atoms with Crippen molar-refractivity contribution in [2.75, 3.05) is 20.8 Å². The highest BCUT2D eigenvalue weighted by Gasteiger charge is 2.33. The number of nitro groups is 1. The first-order valence-corrected chi connectivity index (χ1v) is 10.5. The van der Waals surface area contributed by atoms with Crippen LogP contribution < -0.4 is 14.2 Å². The van der Waals surface area contributed by atoms with Crippen molar-refractivity contribution < 1.29 is 23.9 Å². The number of hydrazone groups is 1. The van der Waals surface area contributed by atoms with Crippen LogP contribution in [0.15, 0.2) is 77.9 Å². The molecule has 0 radical (unpaired) electrons. The second-order valence-corrected chi connectivity index (χ2v) is 7.52. The van der Waals surface area contributed by atoms with E-state index in [2.05, 4.69) is 5.10 Å². The van der Waals surface area contributed by atoms with E-state index in [1.54, 1.807) is 7.11 Å². The Bertz CT molecular complexity index is 1210. The van der Waals surface area contributed by atoms with Gasteiger partial charge in [-0.1, -0.05) is 42.5 Å². The molecule has 1 amide bonds. The highest BCUT2D eigenvalue weighted by atomic mass is 16.6. The van der Waals surface area contributed by atoms with Gasteiger partial charge in [-0.05, 0) is 35.4 Å². The van der Waals surface area contributed by atoms with E-state index in [4.69, 9.17) is 14.2 Å². The highest BCUT2D eigenvalue weighted by Crippen LogP contribution is 2.35. The lowest BCUT2D eigenvalue weighted by Gasteiger charge is -2.22. The molecule has 0 spiro atoms. The number of rotatable bonds is 8. The summed E-state index contributed by atoms with van der Waals surface area (Å²) in [7, 11) is 3.00. The third-order valence-electron chi connectivity index (χ3n) is 5.49. The molecule has 0 saturated heterocycles. The van der Waals surface area contributed by atoms with Crippen LogP contribution in [-0.2, 0) is 4.79 Å². The first-order valence-electron chi connectivity index (χ1n) is 10.5. The molecular weight excluding hydrogens is 438 g/mol. The van der Waals surface area contributed by atoms with Gasteiger partial charge in [-0.15, -0.1) is 0 Å². The van der Waals surface area contributed by atoms with E-state index in [0.717, 1.165) is 16.8 Å². The van der Waals surface area contributed by atoms with Gasteiger partial charge in [0.05, 0.1) is 37.0 Å². The van der Waals surface area contributed by atoms with Crippen LogP contribution in [0.5, 0.6) is 17.2 Å². The van der Waals surface area contributed by atoms with Crippen molar-refractivity contribution in [1.82, 2.24) is 5.01 Å². The Balaban J connectivity index is 1.58. The van der Waals surface area contributed by atoms with Crippen LogP contribution in [-0.4, -0.2) is 42.4 Å². The second kappa shape index (κ2) is 10.0. The predicted octanol–water partition coefficient (Wildman–Crippen LogP) is 4.37. The molecule has 0 unspecified atom stereocenters. The molecule has 1 aliphatic heterocycles. The van der Waals surface area contributed by atoms with Crippen molar-refractivity contribution in [3.05, 3.63) is 94.0 Å². The van der Waals surface area contributed by atoms with Gasteiger partial charge >= 0.3 is 5.69 Å². The van der Waals surface area contributed by atoms with Crippen LogP contribution in [0.25, 0.3) is 0 Å². The monoisotopic (exact) mass is 461 g/mol. The van der Waals surface area contributed by atoms with Gasteiger partial charge in [0, 0.05) is 6.42 Å². The summed E-state index contributed by atoms with van der Waals surface area (Å²) in [5, 5.41) is 17.4. The number of carbonyl (C=O) groups excluding carboxylic acids is 1. The van der Waals surface area contributed by atoms with Crippen LogP contribution in [0.3, 0.4) is 0 Å². The van der Waals surface area contributed by atoms with Gasteiger partial charge in [-0.25, -0.2) is 5.01 Å². The molecule has 3 aromatic carbocycles. The van der Waals surface area contributed by atoms with Crippen LogP contribution in [0, 0.1) is 10.1 Å². The first-order chi connectivity index (χ1) is 16.5. The fourth-order valence-electron chi connectivity index (χ4n) is 3.73. The Morgan fingerprint density at radius 1 is 1.03 bits per heavy atom. The smallest absolute Gasteiger partial charge is 0.314 e. The molecule has 0 N–H and O–H groups in total. The average molecular weight is 461 g/mol. The molecule has 9 heteroatoms. The molecule has 0 aliphatic carbocycles. The summed E-state index contributed by atoms with van der Waals surface area (Å²) < 4.78 is 15.8. The molecule has 0 saturated carbocycles. The number of amides is 1. The van der Waals surface area contributed by atoms with Gasteiger partial charge in [0.2, 0.25) is 0 Å². The lowest BCUT2D eigenvalue weighted by Crippen LogP contribution is -2.31. The second-order valence-electron chi connectivity index (χ2n) is 7.52. The molecular formula is C25H23N3O6. The molecule has 4 rings (SSSR count). The number of hydrogen-bond donors (Lipinski definition) is 0. The van der Waals surface area contributed by atoms with Crippen molar-refractivity contribution in [3.8, 4) is 17.2 Å². The topological polar surface area (TPSA) is 104 Å². The highest BCUT2D eigenvalue weighted by molar-refractivity contribution is 6.03. The van der Waals surface area contributed by atoms with E-state index < -0.39 is 17.4 Å². The number of nitrogens with zero attached hydrogens (tertiary/aromatic N) is 3. The van der Waals surface area contributed by atoms with Crippen LogP contribution in [0.2, 0.25) is 0 Å². The van der Waals surface area contributed by atoms with E-state index in [-0.39, 0.29) is 17.5 Å². The van der Waals surface area contributed by atoms with Gasteiger partial charge < -0.3 is 14.2 Å². The van der Waals surface area contributed by atoms with Gasteiger partial charge in [-0.2, -0.15) is 5.10 Å². The summed E-state index contributed by atoms with van der Waals surface area (Å²) in [5.74, 6) is 0.587. The summed E-state index contributed by atoms with van der Waals surface area (Å²) in [4.78, 5) is 24.0. The Kier molecular flexibility index (Phi) is 6.72. The number of ether oxygens (including phenoxy) is 3. The van der Waals surface area contributed by atoms with Crippen molar-refractivity contribution in [2.24, 2.45) is 5.10 Å². The summed E-state index contributed by atoms with van der Waals surface area (Å²) in [6.45, 7) is -0.411. The number of carbonyl (C=O) groups is 1. The van der Waals surface area contributed by atoms with Gasteiger partial charge in [-0.3, -0.25) is 14.9 Å². The zero-order valence-electron chi connectivity index (χ0n) is 18.7. The van der Waals surface area contributed by atoms with Gasteiger partial charge in [0.15, 0.2) is 12.4 Å². The molecule has 1 atom stereocenters. The quantitative estimate of drug-likeness (QED) is 0.365. The van der Waals surface area contributed by atoms with Crippen LogP contribution in [0.1, 0.15) is 23.6 Å². The van der Waals surface area contributed by atoms with Crippen molar-refractivity contribution in [2.45, 2.75) is 12.5 Å². The minimum atomic E-state index is -0.579. The minimum absolute atomic E-state index is 0.0217. The maximum absolute atomic E-state index is 13.2. The lowest BCUT2D eigenvalue weighted by atomic mass is 9.98. The van der Waals surface area contributed by atoms with Crippen molar-refractivity contribution in [1.29, 1.82) is 0 Å². The molecule has 174 valence electrons. The van der Waals surface area contributed by atoms with Crippen molar-refractivity contribution in [3.63, 3.8) is 0 Å². The summed E-state index contributed by atoms with van der Waals surface area (Å²) in [5.41, 5.74) is 2.29. The number of nitro benzene ring substituents is 1. The lowest BCUT2D eigenvalue weighted by molar-refractivity contribution is -0.385. The van der Waals surface area contributed by atoms with Crippen LogP contribution >= 0.6 is 0 Å². The molecule has 9 nitrogen and oxygen atoms in total. The fraction of sp³-hybridized carbons (Fsp3) is 0.200. The van der Waals surface area contributed by atoms with Gasteiger partial charge in [0.1, 0.15) is 11.5 Å². The summed E-state index contributed by atoms with van der Waals surface area (Å²) in [6, 6.07) is 20.9. The molecule has 1 aliphatic rings. The standard InChI is InChI=1S/C25H23N3O6/c1-32-19-10-8-18(9-11-19)22-15-21(17-6-4-3-5-7-17)26-27(22)25(29)16-34-24-13-12-20(33-2)14-23(24)28(30)31/h3-14,22H,15-16H2,1-2H3/t22-/m0/s1. The summed E-state index contributed by atoms with van der Waals surface area (Å²) >= 11 is 0. The average Bonchev–Trinajstić information content (AvgIpc) is 3.33. The molecule has 0 aromatic heterocycles. The summed E-state index contributed by atoms with van der Waals surface area (Å²) in [6.07, 6.45) is 0.519. The SMILES string of the molecule is COc1ccc([C@@H]2CC(c3ccccc3)=NN2C(=O)COc2ccc(OC)cc2[N+](=O)[O-])cc1. The number of methoxy groups -OCH3 is 2. The molecule has 1 heterocycles. The number of benzene rings is 3. The molecule has 34 heavy (non-hydrogen) atoms. The van der Waals surface area contributed by atoms with E-state index in [0.29, 0.717) is 17.9 Å².